The van der Waals surface area contributed by atoms with E-state index in [2.05, 4.69) is 86.7 Å². The van der Waals surface area contributed by atoms with Crippen molar-refractivity contribution in [1.29, 1.82) is 0 Å². The van der Waals surface area contributed by atoms with Crippen LogP contribution in [-0.2, 0) is 0 Å². The molecule has 1 atom stereocenters. The Balaban J connectivity index is 1.56. The van der Waals surface area contributed by atoms with Crippen molar-refractivity contribution in [1.82, 2.24) is 9.97 Å². The van der Waals surface area contributed by atoms with Crippen molar-refractivity contribution in [2.45, 2.75) is 39.0 Å². The molecule has 0 aliphatic heterocycles. The van der Waals surface area contributed by atoms with Crippen molar-refractivity contribution in [2.75, 3.05) is 5.73 Å². The second-order valence-electron chi connectivity index (χ2n) is 8.91. The first-order valence-electron chi connectivity index (χ1n) is 11.7. The molecule has 1 aliphatic rings. The fraction of sp³-hybridized carbons (Fsp3) is 0.200. The van der Waals surface area contributed by atoms with Gasteiger partial charge in [-0.15, -0.1) is 0 Å². The first-order chi connectivity index (χ1) is 16.1. The Hall–Kier alpha value is -3.72. The number of rotatable bonds is 4. The molecule has 2 aromatic carbocycles. The van der Waals surface area contributed by atoms with Crippen LogP contribution in [0.2, 0.25) is 0 Å². The van der Waals surface area contributed by atoms with Gasteiger partial charge in [0, 0.05) is 23.1 Å². The summed E-state index contributed by atoms with van der Waals surface area (Å²) in [6.07, 6.45) is 12.2. The second-order valence-corrected chi connectivity index (χ2v) is 8.91. The summed E-state index contributed by atoms with van der Waals surface area (Å²) in [5.74, 6) is 0.926. The molecule has 4 aromatic rings. The topological polar surface area (TPSA) is 51.8 Å². The summed E-state index contributed by atoms with van der Waals surface area (Å²) in [4.78, 5) is 9.45. The van der Waals surface area contributed by atoms with Crippen LogP contribution < -0.4 is 5.73 Å². The maximum atomic E-state index is 6.38. The van der Waals surface area contributed by atoms with E-state index in [-0.39, 0.29) is 0 Å². The van der Waals surface area contributed by atoms with E-state index in [9.17, 15) is 0 Å². The number of allylic oxidation sites excluding steroid dienone is 3. The van der Waals surface area contributed by atoms with Gasteiger partial charge in [-0.05, 0) is 91.3 Å². The number of hydrogen-bond acceptors (Lipinski definition) is 3. The second kappa shape index (κ2) is 9.03. The monoisotopic (exact) mass is 431 g/mol. The molecule has 0 spiro atoms. The zero-order valence-corrected chi connectivity index (χ0v) is 19.3. The minimum Gasteiger partial charge on any atom is -0.383 e. The number of nitrogens with zero attached hydrogens (tertiary/aromatic N) is 2. The van der Waals surface area contributed by atoms with Gasteiger partial charge >= 0.3 is 0 Å². The van der Waals surface area contributed by atoms with E-state index in [0.29, 0.717) is 11.7 Å². The molecule has 2 aromatic heterocycles. The van der Waals surface area contributed by atoms with Gasteiger partial charge in [0.25, 0.3) is 0 Å². The summed E-state index contributed by atoms with van der Waals surface area (Å²) in [6.45, 7) is 4.28. The van der Waals surface area contributed by atoms with E-state index in [1.165, 1.54) is 28.7 Å². The highest BCUT2D eigenvalue weighted by atomic mass is 14.8. The number of benzene rings is 2. The predicted molar refractivity (Wildman–Crippen MR) is 140 cm³/mol. The molecule has 2 N–H and O–H groups in total. The number of pyridine rings is 2. The van der Waals surface area contributed by atoms with E-state index in [0.717, 1.165) is 40.6 Å². The average molecular weight is 432 g/mol. The number of anilines is 1. The zero-order valence-electron chi connectivity index (χ0n) is 19.3. The molecule has 0 fully saturated rings. The van der Waals surface area contributed by atoms with Crippen molar-refractivity contribution in [3.63, 3.8) is 0 Å². The molecule has 1 unspecified atom stereocenters. The van der Waals surface area contributed by atoms with E-state index in [1.807, 2.05) is 12.3 Å². The minimum atomic E-state index is 0.377. The molecule has 0 saturated carbocycles. The summed E-state index contributed by atoms with van der Waals surface area (Å²) < 4.78 is 0. The molecule has 5 rings (SSSR count). The Morgan fingerprint density at radius 3 is 2.76 bits per heavy atom. The van der Waals surface area contributed by atoms with Gasteiger partial charge in [-0.1, -0.05) is 48.6 Å². The highest BCUT2D eigenvalue weighted by Crippen LogP contribution is 2.33. The van der Waals surface area contributed by atoms with Crippen molar-refractivity contribution in [2.24, 2.45) is 0 Å². The van der Waals surface area contributed by atoms with E-state index in [4.69, 9.17) is 15.7 Å². The third kappa shape index (κ3) is 4.31. The number of aromatic nitrogens is 2. The summed E-state index contributed by atoms with van der Waals surface area (Å²) >= 11 is 0. The molecule has 1 aliphatic carbocycles. The third-order valence-electron chi connectivity index (χ3n) is 6.57. The van der Waals surface area contributed by atoms with Gasteiger partial charge < -0.3 is 5.73 Å². The summed E-state index contributed by atoms with van der Waals surface area (Å²) in [7, 11) is 0. The van der Waals surface area contributed by atoms with Crippen molar-refractivity contribution < 1.29 is 0 Å². The quantitative estimate of drug-likeness (QED) is 0.339. The molecule has 0 radical (unpaired) electrons. The number of fused-ring (bicyclic) bond motifs is 1. The standard InChI is InChI=1S/C30H29N3/c1-20-9-6-7-12-26(20)23-14-15-28-24(18-23)19-25(30(31)33-28)17-21(2)27-13-8-16-32-29(27)22-10-4-3-5-11-22/h4,6-10,12-19,22H,3,5,11H2,1-2H3,(H2,31,33). The number of nitrogen functional groups attached to an aromatic ring is 1. The Labute approximate surface area is 195 Å². The lowest BCUT2D eigenvalue weighted by Crippen LogP contribution is -2.05. The van der Waals surface area contributed by atoms with Gasteiger partial charge in [-0.3, -0.25) is 4.98 Å². The van der Waals surface area contributed by atoms with Crippen molar-refractivity contribution >= 4 is 28.4 Å². The lowest BCUT2D eigenvalue weighted by atomic mass is 9.88. The fourth-order valence-electron chi connectivity index (χ4n) is 4.79. The highest BCUT2D eigenvalue weighted by Gasteiger charge is 2.17. The maximum Gasteiger partial charge on any atom is 0.131 e. The van der Waals surface area contributed by atoms with E-state index < -0.39 is 0 Å². The van der Waals surface area contributed by atoms with Crippen LogP contribution in [0.3, 0.4) is 0 Å². The number of nitrogens with two attached hydrogens (primary N) is 1. The molecule has 0 saturated heterocycles. The number of hydrogen-bond donors (Lipinski definition) is 1. The Bertz CT molecular complexity index is 1380. The van der Waals surface area contributed by atoms with Gasteiger partial charge in [-0.2, -0.15) is 0 Å². The van der Waals surface area contributed by atoms with E-state index >= 15 is 0 Å². The molecule has 2 heterocycles. The molecule has 0 amide bonds. The Morgan fingerprint density at radius 2 is 1.94 bits per heavy atom. The minimum absolute atomic E-state index is 0.377. The highest BCUT2D eigenvalue weighted by molar-refractivity contribution is 5.92. The van der Waals surface area contributed by atoms with Crippen LogP contribution in [0.5, 0.6) is 0 Å². The summed E-state index contributed by atoms with van der Waals surface area (Å²) in [5.41, 5.74) is 15.4. The smallest absolute Gasteiger partial charge is 0.131 e. The van der Waals surface area contributed by atoms with Crippen molar-refractivity contribution in [3.05, 3.63) is 101 Å². The summed E-state index contributed by atoms with van der Waals surface area (Å²) in [6, 6.07) is 21.2. The van der Waals surface area contributed by atoms with Crippen LogP contribution in [0.4, 0.5) is 5.82 Å². The van der Waals surface area contributed by atoms with Crippen LogP contribution in [0.25, 0.3) is 33.7 Å². The number of aryl methyl sites for hydroxylation is 1. The first-order valence-corrected chi connectivity index (χ1v) is 11.7. The van der Waals surface area contributed by atoms with Crippen LogP contribution >= 0.6 is 0 Å². The molecular weight excluding hydrogens is 402 g/mol. The molecule has 3 heteroatoms. The molecule has 33 heavy (non-hydrogen) atoms. The molecule has 3 nitrogen and oxygen atoms in total. The molecule has 0 bridgehead atoms. The SMILES string of the molecule is CC(=Cc1cc2cc(-c3ccccc3C)ccc2nc1N)c1cccnc1C1C=CCCC1. The predicted octanol–water partition coefficient (Wildman–Crippen LogP) is 7.57. The lowest BCUT2D eigenvalue weighted by molar-refractivity contribution is 0.640. The third-order valence-corrected chi connectivity index (χ3v) is 6.57. The Morgan fingerprint density at radius 1 is 1.06 bits per heavy atom. The normalized spacial score (nSPS) is 16.3. The maximum absolute atomic E-state index is 6.38. The molecular formula is C30H29N3. The molecule has 164 valence electrons. The first kappa shape index (κ1) is 21.1. The van der Waals surface area contributed by atoms with Crippen molar-refractivity contribution in [3.8, 4) is 11.1 Å². The van der Waals surface area contributed by atoms with Crippen LogP contribution in [0.15, 0.2) is 79.0 Å². The van der Waals surface area contributed by atoms with Gasteiger partial charge in [0.2, 0.25) is 0 Å². The van der Waals surface area contributed by atoms with Crippen LogP contribution in [0.1, 0.15) is 54.5 Å². The van der Waals surface area contributed by atoms with Gasteiger partial charge in [-0.25, -0.2) is 4.98 Å². The largest absolute Gasteiger partial charge is 0.383 e. The average Bonchev–Trinajstić information content (AvgIpc) is 2.85. The lowest BCUT2D eigenvalue weighted by Gasteiger charge is -2.19. The van der Waals surface area contributed by atoms with Gasteiger partial charge in [0.1, 0.15) is 5.82 Å². The summed E-state index contributed by atoms with van der Waals surface area (Å²) in [5, 5.41) is 1.09. The van der Waals surface area contributed by atoms with Crippen LogP contribution in [0, 0.1) is 6.92 Å². The fourth-order valence-corrected chi connectivity index (χ4v) is 4.79. The zero-order chi connectivity index (χ0) is 22.8. The van der Waals surface area contributed by atoms with E-state index in [1.54, 1.807) is 0 Å². The Kier molecular flexibility index (Phi) is 5.78. The van der Waals surface area contributed by atoms with Crippen LogP contribution in [-0.4, -0.2) is 9.97 Å². The van der Waals surface area contributed by atoms with Gasteiger partial charge in [0.05, 0.1) is 11.2 Å². The van der Waals surface area contributed by atoms with Gasteiger partial charge in [0.15, 0.2) is 0 Å².